The number of hydrogen-bond donors (Lipinski definition) is 0. The molecule has 0 spiro atoms. The summed E-state index contributed by atoms with van der Waals surface area (Å²) in [6.45, 7) is 0. The molecular formula is C59H38N2S. The molecule has 1 aliphatic carbocycles. The topological polar surface area (TPSA) is 25.8 Å². The van der Waals surface area contributed by atoms with Gasteiger partial charge in [-0.2, -0.15) is 0 Å². The lowest BCUT2D eigenvalue weighted by molar-refractivity contribution is 0.769. The third-order valence-corrected chi connectivity index (χ3v) is 13.8. The predicted octanol–water partition coefficient (Wildman–Crippen LogP) is 15.5. The van der Waals surface area contributed by atoms with E-state index < -0.39 is 5.41 Å². The fraction of sp³-hybridized carbons (Fsp3) is 0.0169. The van der Waals surface area contributed by atoms with Gasteiger partial charge in [-0.3, -0.25) is 0 Å². The fourth-order valence-electron chi connectivity index (χ4n) is 9.81. The monoisotopic (exact) mass is 806 g/mol. The lowest BCUT2D eigenvalue weighted by atomic mass is 9.67. The summed E-state index contributed by atoms with van der Waals surface area (Å²) in [5.74, 6) is 0.714. The van der Waals surface area contributed by atoms with E-state index in [0.717, 1.165) is 33.6 Å². The van der Waals surface area contributed by atoms with Gasteiger partial charge in [0.2, 0.25) is 0 Å². The molecule has 0 bridgehead atoms. The van der Waals surface area contributed by atoms with Gasteiger partial charge in [0, 0.05) is 36.9 Å². The average molecular weight is 807 g/mol. The minimum Gasteiger partial charge on any atom is -0.228 e. The van der Waals surface area contributed by atoms with Crippen LogP contribution in [0.1, 0.15) is 22.3 Å². The molecule has 62 heavy (non-hydrogen) atoms. The van der Waals surface area contributed by atoms with Gasteiger partial charge in [-0.15, -0.1) is 11.3 Å². The molecule has 2 heterocycles. The van der Waals surface area contributed by atoms with E-state index in [-0.39, 0.29) is 0 Å². The quantitative estimate of drug-likeness (QED) is 0.160. The van der Waals surface area contributed by atoms with Crippen LogP contribution in [0.3, 0.4) is 0 Å². The van der Waals surface area contributed by atoms with Crippen molar-refractivity contribution in [2.45, 2.75) is 5.41 Å². The van der Waals surface area contributed by atoms with Crippen LogP contribution in [0.15, 0.2) is 231 Å². The van der Waals surface area contributed by atoms with Crippen LogP contribution in [0.5, 0.6) is 0 Å². The van der Waals surface area contributed by atoms with E-state index in [0.29, 0.717) is 5.82 Å². The first-order valence-electron chi connectivity index (χ1n) is 21.1. The molecule has 9 aromatic carbocycles. The second kappa shape index (κ2) is 14.8. The van der Waals surface area contributed by atoms with Gasteiger partial charge in [-0.1, -0.05) is 212 Å². The Labute approximate surface area is 365 Å². The Kier molecular flexibility index (Phi) is 8.62. The number of hydrogen-bond acceptors (Lipinski definition) is 3. The van der Waals surface area contributed by atoms with Crippen LogP contribution in [0.25, 0.3) is 87.5 Å². The van der Waals surface area contributed by atoms with Crippen molar-refractivity contribution in [1.29, 1.82) is 0 Å². The summed E-state index contributed by atoms with van der Waals surface area (Å²) < 4.78 is 2.52. The van der Waals surface area contributed by atoms with Gasteiger partial charge in [-0.25, -0.2) is 9.97 Å². The molecule has 11 aromatic rings. The minimum absolute atomic E-state index is 0.517. The molecule has 0 unspecified atom stereocenters. The summed E-state index contributed by atoms with van der Waals surface area (Å²) in [6, 6.07) is 83.5. The van der Waals surface area contributed by atoms with E-state index in [4.69, 9.17) is 9.97 Å². The number of rotatable bonds is 7. The van der Waals surface area contributed by atoms with Crippen LogP contribution in [-0.2, 0) is 5.41 Å². The van der Waals surface area contributed by atoms with Crippen LogP contribution in [0.4, 0.5) is 0 Å². The molecule has 0 fully saturated rings. The van der Waals surface area contributed by atoms with E-state index in [9.17, 15) is 0 Å². The molecule has 0 N–H and O–H groups in total. The summed E-state index contributed by atoms with van der Waals surface area (Å²) in [4.78, 5) is 10.4. The first-order valence-corrected chi connectivity index (χ1v) is 22.0. The highest BCUT2D eigenvalue weighted by molar-refractivity contribution is 7.26. The van der Waals surface area contributed by atoms with E-state index in [1.807, 2.05) is 17.4 Å². The maximum Gasteiger partial charge on any atom is 0.160 e. The molecule has 0 saturated carbocycles. The zero-order valence-corrected chi connectivity index (χ0v) is 34.6. The lowest BCUT2D eigenvalue weighted by Gasteiger charge is -2.34. The molecule has 0 radical (unpaired) electrons. The third kappa shape index (κ3) is 5.78. The highest BCUT2D eigenvalue weighted by Crippen LogP contribution is 2.59. The standard InChI is InChI=1S/C59H38N2S/c1-5-17-40(18-6-1)46-26-16-29-51-56(46)49-36-35-43(37-52(49)59(51,44-21-9-3-10-22-44)45-23-11-4-12-24-45)39-31-33-41(34-32-39)53-38-54(61-58(60-53)42-19-7-2-8-20-42)50-28-15-27-48-47-25-13-14-30-55(47)62-57(48)50/h1-38H. The Morgan fingerprint density at radius 3 is 1.63 bits per heavy atom. The molecule has 0 aliphatic heterocycles. The third-order valence-electron chi connectivity index (χ3n) is 12.6. The highest BCUT2D eigenvalue weighted by atomic mass is 32.1. The number of fused-ring (bicyclic) bond motifs is 6. The van der Waals surface area contributed by atoms with Crippen molar-refractivity contribution in [2.75, 3.05) is 0 Å². The Morgan fingerprint density at radius 1 is 0.339 bits per heavy atom. The zero-order valence-electron chi connectivity index (χ0n) is 33.7. The van der Waals surface area contributed by atoms with Crippen LogP contribution in [0.2, 0.25) is 0 Å². The van der Waals surface area contributed by atoms with Gasteiger partial charge < -0.3 is 0 Å². The maximum absolute atomic E-state index is 5.22. The summed E-state index contributed by atoms with van der Waals surface area (Å²) in [5.41, 5.74) is 16.9. The van der Waals surface area contributed by atoms with E-state index in [1.54, 1.807) is 0 Å². The van der Waals surface area contributed by atoms with Crippen LogP contribution in [0, 0.1) is 0 Å². The van der Waals surface area contributed by atoms with Gasteiger partial charge in [0.15, 0.2) is 5.82 Å². The van der Waals surface area contributed by atoms with E-state index in [2.05, 4.69) is 224 Å². The van der Waals surface area contributed by atoms with Crippen LogP contribution in [-0.4, -0.2) is 9.97 Å². The molecule has 0 saturated heterocycles. The van der Waals surface area contributed by atoms with Crippen molar-refractivity contribution in [2.24, 2.45) is 0 Å². The van der Waals surface area contributed by atoms with E-state index >= 15 is 0 Å². The van der Waals surface area contributed by atoms with Crippen molar-refractivity contribution in [3.63, 3.8) is 0 Å². The Balaban J connectivity index is 1.01. The van der Waals surface area contributed by atoms with Gasteiger partial charge in [0.1, 0.15) is 0 Å². The first kappa shape index (κ1) is 36.2. The predicted molar refractivity (Wildman–Crippen MR) is 259 cm³/mol. The summed E-state index contributed by atoms with van der Waals surface area (Å²) in [7, 11) is 0. The second-order valence-electron chi connectivity index (χ2n) is 16.0. The zero-order chi connectivity index (χ0) is 41.0. The largest absolute Gasteiger partial charge is 0.228 e. The molecule has 12 rings (SSSR count). The van der Waals surface area contributed by atoms with Gasteiger partial charge >= 0.3 is 0 Å². The molecule has 1 aliphatic rings. The molecule has 0 amide bonds. The van der Waals surface area contributed by atoms with Crippen molar-refractivity contribution >= 4 is 31.5 Å². The average Bonchev–Trinajstić information content (AvgIpc) is 3.89. The number of nitrogens with zero attached hydrogens (tertiary/aromatic N) is 2. The molecule has 2 nitrogen and oxygen atoms in total. The van der Waals surface area contributed by atoms with Crippen LogP contribution >= 0.6 is 11.3 Å². The van der Waals surface area contributed by atoms with Crippen LogP contribution < -0.4 is 0 Å². The lowest BCUT2D eigenvalue weighted by Crippen LogP contribution is -2.28. The van der Waals surface area contributed by atoms with Gasteiger partial charge in [-0.05, 0) is 73.8 Å². The Morgan fingerprint density at radius 2 is 0.903 bits per heavy atom. The first-order chi connectivity index (χ1) is 30.7. The molecule has 290 valence electrons. The van der Waals surface area contributed by atoms with E-state index in [1.165, 1.54) is 70.2 Å². The second-order valence-corrected chi connectivity index (χ2v) is 17.1. The van der Waals surface area contributed by atoms with Crippen molar-refractivity contribution in [3.05, 3.63) is 253 Å². The molecule has 2 aromatic heterocycles. The number of thiophene rings is 1. The summed E-state index contributed by atoms with van der Waals surface area (Å²) in [5, 5.41) is 2.53. The molecular weight excluding hydrogens is 769 g/mol. The minimum atomic E-state index is -0.517. The van der Waals surface area contributed by atoms with Gasteiger partial charge in [0.25, 0.3) is 0 Å². The van der Waals surface area contributed by atoms with Crippen molar-refractivity contribution in [1.82, 2.24) is 9.97 Å². The molecule has 0 atom stereocenters. The summed E-state index contributed by atoms with van der Waals surface area (Å²) >= 11 is 1.83. The number of benzene rings is 9. The Bertz CT molecular complexity index is 3390. The number of aromatic nitrogens is 2. The Hall–Kier alpha value is -7.72. The maximum atomic E-state index is 5.22. The normalized spacial score (nSPS) is 12.6. The van der Waals surface area contributed by atoms with Gasteiger partial charge in [0.05, 0.1) is 16.8 Å². The fourth-order valence-corrected chi connectivity index (χ4v) is 11.0. The highest BCUT2D eigenvalue weighted by Gasteiger charge is 2.47. The SMILES string of the molecule is c1ccc(-c2nc(-c3ccc(-c4ccc5c(c4)C(c4ccccc4)(c4ccccc4)c4cccc(-c6ccccc6)c4-5)cc3)cc(-c3cccc4c3sc3ccccc34)n2)cc1. The molecule has 3 heteroatoms. The smallest absolute Gasteiger partial charge is 0.160 e. The van der Waals surface area contributed by atoms with Crippen molar-refractivity contribution in [3.8, 4) is 67.3 Å². The van der Waals surface area contributed by atoms with Crippen molar-refractivity contribution < 1.29 is 0 Å². The summed E-state index contributed by atoms with van der Waals surface area (Å²) in [6.07, 6.45) is 0.